The number of nitrogens with zero attached hydrogens (tertiary/aromatic N) is 2. The first kappa shape index (κ1) is 16.4. The lowest BCUT2D eigenvalue weighted by molar-refractivity contribution is 0.102. The van der Waals surface area contributed by atoms with Crippen molar-refractivity contribution in [1.29, 1.82) is 0 Å². The van der Waals surface area contributed by atoms with Crippen molar-refractivity contribution in [2.75, 3.05) is 17.7 Å². The Hall–Kier alpha value is -3.48. The van der Waals surface area contributed by atoms with E-state index >= 15 is 0 Å². The molecule has 1 aromatic heterocycles. The molecule has 25 heavy (non-hydrogen) atoms. The summed E-state index contributed by atoms with van der Waals surface area (Å²) in [4.78, 5) is 20.5. The molecule has 6 nitrogen and oxygen atoms in total. The molecular weight excluding hydrogens is 323 g/mol. The number of hydrogen-bond acceptors (Lipinski definition) is 5. The summed E-state index contributed by atoms with van der Waals surface area (Å²) in [6.07, 6.45) is 1.48. The van der Waals surface area contributed by atoms with Crippen LogP contribution in [-0.2, 0) is 0 Å². The number of anilines is 3. The smallest absolute Gasteiger partial charge is 0.274 e. The lowest BCUT2D eigenvalue weighted by Gasteiger charge is -2.08. The maximum atomic E-state index is 12.9. The van der Waals surface area contributed by atoms with Gasteiger partial charge in [-0.05, 0) is 54.6 Å². The molecule has 1 heterocycles. The van der Waals surface area contributed by atoms with Gasteiger partial charge in [0.1, 0.15) is 17.3 Å². The third-order valence-corrected chi connectivity index (χ3v) is 3.34. The van der Waals surface area contributed by atoms with Crippen molar-refractivity contribution < 1.29 is 13.9 Å². The van der Waals surface area contributed by atoms with E-state index in [1.54, 1.807) is 19.2 Å². The zero-order valence-electron chi connectivity index (χ0n) is 13.4. The van der Waals surface area contributed by atoms with Gasteiger partial charge in [0, 0.05) is 17.6 Å². The Labute approximate surface area is 143 Å². The molecule has 0 fully saturated rings. The SMILES string of the molecule is COc1ccc(Nc2nccc(C(=O)Nc3ccc(F)cc3)n2)cc1. The minimum absolute atomic E-state index is 0.190. The number of benzene rings is 2. The predicted octanol–water partition coefficient (Wildman–Crippen LogP) is 3.62. The Kier molecular flexibility index (Phi) is 4.84. The third-order valence-electron chi connectivity index (χ3n) is 3.34. The van der Waals surface area contributed by atoms with Crippen molar-refractivity contribution in [3.63, 3.8) is 0 Å². The van der Waals surface area contributed by atoms with Gasteiger partial charge in [-0.2, -0.15) is 0 Å². The van der Waals surface area contributed by atoms with Crippen molar-refractivity contribution >= 4 is 23.2 Å². The number of aromatic nitrogens is 2. The minimum atomic E-state index is -0.410. The average molecular weight is 338 g/mol. The molecule has 2 aromatic carbocycles. The second-order valence-electron chi connectivity index (χ2n) is 5.08. The van der Waals surface area contributed by atoms with E-state index in [0.29, 0.717) is 5.69 Å². The summed E-state index contributed by atoms with van der Waals surface area (Å²) in [5.74, 6) is 0.244. The molecule has 0 bridgehead atoms. The van der Waals surface area contributed by atoms with Crippen LogP contribution >= 0.6 is 0 Å². The highest BCUT2D eigenvalue weighted by Gasteiger charge is 2.09. The first-order valence-corrected chi connectivity index (χ1v) is 7.45. The normalized spacial score (nSPS) is 10.2. The summed E-state index contributed by atoms with van der Waals surface area (Å²) < 4.78 is 18.0. The van der Waals surface area contributed by atoms with E-state index in [0.717, 1.165) is 11.4 Å². The van der Waals surface area contributed by atoms with Crippen molar-refractivity contribution in [3.8, 4) is 5.75 Å². The van der Waals surface area contributed by atoms with E-state index in [1.807, 2.05) is 12.1 Å². The topological polar surface area (TPSA) is 76.1 Å². The maximum absolute atomic E-state index is 12.9. The molecule has 0 aliphatic rings. The number of rotatable bonds is 5. The van der Waals surface area contributed by atoms with Crippen molar-refractivity contribution in [2.24, 2.45) is 0 Å². The maximum Gasteiger partial charge on any atom is 0.274 e. The molecule has 0 radical (unpaired) electrons. The Morgan fingerprint density at radius 1 is 1.00 bits per heavy atom. The van der Waals surface area contributed by atoms with Crippen molar-refractivity contribution in [3.05, 3.63) is 72.3 Å². The number of carbonyl (C=O) groups excluding carboxylic acids is 1. The first-order chi connectivity index (χ1) is 12.1. The van der Waals surface area contributed by atoms with E-state index < -0.39 is 5.91 Å². The van der Waals surface area contributed by atoms with Crippen LogP contribution in [0, 0.1) is 5.82 Å². The molecule has 0 atom stereocenters. The number of carbonyl (C=O) groups is 1. The zero-order valence-corrected chi connectivity index (χ0v) is 13.4. The highest BCUT2D eigenvalue weighted by atomic mass is 19.1. The second-order valence-corrected chi connectivity index (χ2v) is 5.08. The van der Waals surface area contributed by atoms with Crippen molar-refractivity contribution in [1.82, 2.24) is 9.97 Å². The monoisotopic (exact) mass is 338 g/mol. The molecule has 126 valence electrons. The van der Waals surface area contributed by atoms with Crippen LogP contribution in [0.3, 0.4) is 0 Å². The molecular formula is C18H15FN4O2. The summed E-state index contributed by atoms with van der Waals surface area (Å²) in [5, 5.41) is 5.67. The first-order valence-electron chi connectivity index (χ1n) is 7.45. The molecule has 0 saturated heterocycles. The van der Waals surface area contributed by atoms with Crippen LogP contribution < -0.4 is 15.4 Å². The fourth-order valence-corrected chi connectivity index (χ4v) is 2.08. The molecule has 0 aliphatic heterocycles. The average Bonchev–Trinajstić information content (AvgIpc) is 2.64. The van der Waals surface area contributed by atoms with Crippen LogP contribution in [0.4, 0.5) is 21.7 Å². The zero-order chi connectivity index (χ0) is 17.6. The van der Waals surface area contributed by atoms with E-state index in [2.05, 4.69) is 20.6 Å². The van der Waals surface area contributed by atoms with E-state index in [9.17, 15) is 9.18 Å². The van der Waals surface area contributed by atoms with Gasteiger partial charge in [0.05, 0.1) is 7.11 Å². The van der Waals surface area contributed by atoms with Crippen LogP contribution in [-0.4, -0.2) is 23.0 Å². The lowest BCUT2D eigenvalue weighted by atomic mass is 10.3. The largest absolute Gasteiger partial charge is 0.497 e. The molecule has 3 rings (SSSR count). The van der Waals surface area contributed by atoms with E-state index in [1.165, 1.54) is 36.5 Å². The van der Waals surface area contributed by atoms with Crippen molar-refractivity contribution in [2.45, 2.75) is 0 Å². The van der Waals surface area contributed by atoms with E-state index in [-0.39, 0.29) is 17.5 Å². The van der Waals surface area contributed by atoms with Gasteiger partial charge in [-0.1, -0.05) is 0 Å². The Bertz CT molecular complexity index is 867. The fourth-order valence-electron chi connectivity index (χ4n) is 2.08. The minimum Gasteiger partial charge on any atom is -0.497 e. The molecule has 0 saturated carbocycles. The van der Waals surface area contributed by atoms with Crippen LogP contribution in [0.2, 0.25) is 0 Å². The third kappa shape index (κ3) is 4.29. The summed E-state index contributed by atoms with van der Waals surface area (Å²) in [6, 6.07) is 14.2. The molecule has 1 amide bonds. The molecule has 2 N–H and O–H groups in total. The second kappa shape index (κ2) is 7.39. The number of nitrogens with one attached hydrogen (secondary N) is 2. The molecule has 3 aromatic rings. The summed E-state index contributed by atoms with van der Waals surface area (Å²) in [6.45, 7) is 0. The molecule has 0 aliphatic carbocycles. The van der Waals surface area contributed by atoms with Crippen LogP contribution in [0.25, 0.3) is 0 Å². The number of halogens is 1. The quantitative estimate of drug-likeness (QED) is 0.743. The highest BCUT2D eigenvalue weighted by Crippen LogP contribution is 2.18. The van der Waals surface area contributed by atoms with Gasteiger partial charge < -0.3 is 15.4 Å². The lowest BCUT2D eigenvalue weighted by Crippen LogP contribution is -2.14. The number of amides is 1. The van der Waals surface area contributed by atoms with Crippen LogP contribution in [0.5, 0.6) is 5.75 Å². The van der Waals surface area contributed by atoms with Gasteiger partial charge >= 0.3 is 0 Å². The molecule has 7 heteroatoms. The Morgan fingerprint density at radius 2 is 1.68 bits per heavy atom. The van der Waals surface area contributed by atoms with Gasteiger partial charge in [0.2, 0.25) is 5.95 Å². The summed E-state index contributed by atoms with van der Waals surface area (Å²) in [5.41, 5.74) is 1.43. The summed E-state index contributed by atoms with van der Waals surface area (Å²) >= 11 is 0. The van der Waals surface area contributed by atoms with Gasteiger partial charge in [-0.25, -0.2) is 14.4 Å². The number of ether oxygens (including phenoxy) is 1. The van der Waals surface area contributed by atoms with E-state index in [4.69, 9.17) is 4.74 Å². The molecule has 0 unspecified atom stereocenters. The van der Waals surface area contributed by atoms with Crippen LogP contribution in [0.15, 0.2) is 60.8 Å². The van der Waals surface area contributed by atoms with Gasteiger partial charge in [-0.15, -0.1) is 0 Å². The van der Waals surface area contributed by atoms with Gasteiger partial charge in [0.25, 0.3) is 5.91 Å². The predicted molar refractivity (Wildman–Crippen MR) is 92.7 cm³/mol. The molecule has 0 spiro atoms. The van der Waals surface area contributed by atoms with Gasteiger partial charge in [-0.3, -0.25) is 4.79 Å². The standard InChI is InChI=1S/C18H15FN4O2/c1-25-15-8-6-14(7-9-15)22-18-20-11-10-16(23-18)17(24)21-13-4-2-12(19)3-5-13/h2-11H,1H3,(H,21,24)(H,20,22,23). The number of methoxy groups -OCH3 is 1. The Morgan fingerprint density at radius 3 is 2.36 bits per heavy atom. The Balaban J connectivity index is 1.71. The van der Waals surface area contributed by atoms with Crippen LogP contribution in [0.1, 0.15) is 10.5 Å². The summed E-state index contributed by atoms with van der Waals surface area (Å²) in [7, 11) is 1.59. The van der Waals surface area contributed by atoms with Gasteiger partial charge in [0.15, 0.2) is 0 Å². The number of hydrogen-bond donors (Lipinski definition) is 2. The highest BCUT2D eigenvalue weighted by molar-refractivity contribution is 6.02. The fraction of sp³-hybridized carbons (Fsp3) is 0.0556.